The summed E-state index contributed by atoms with van der Waals surface area (Å²) in [5, 5.41) is 2.04. The number of aromatic nitrogens is 2. The number of thiazole rings is 1. The third kappa shape index (κ3) is 5.05. The molecule has 0 amide bonds. The Labute approximate surface area is 250 Å². The fraction of sp³-hybridized carbons (Fsp3) is 0.156. The Morgan fingerprint density at radius 2 is 1.80 bits per heavy atom. The average molecular weight is 603 g/mol. The highest BCUT2D eigenvalue weighted by Gasteiger charge is 2.33. The highest BCUT2D eigenvalue weighted by atomic mass is 35.5. The Morgan fingerprint density at radius 1 is 1.05 bits per heavy atom. The second kappa shape index (κ2) is 11.2. The van der Waals surface area contributed by atoms with Crippen molar-refractivity contribution < 1.29 is 9.53 Å². The molecular weight excluding hydrogens is 577 g/mol. The Morgan fingerprint density at radius 3 is 2.56 bits per heavy atom. The molecule has 6 nitrogen and oxygen atoms in total. The van der Waals surface area contributed by atoms with E-state index in [1.165, 1.54) is 11.3 Å². The molecule has 3 heterocycles. The molecule has 0 N–H and O–H groups in total. The second-order valence-corrected chi connectivity index (χ2v) is 11.5. The van der Waals surface area contributed by atoms with E-state index in [0.717, 1.165) is 27.6 Å². The first-order valence-corrected chi connectivity index (χ1v) is 14.7. The molecule has 0 fully saturated rings. The van der Waals surface area contributed by atoms with Crippen molar-refractivity contribution in [3.8, 4) is 0 Å². The van der Waals surface area contributed by atoms with Gasteiger partial charge in [-0.25, -0.2) is 9.79 Å². The molecule has 1 aliphatic rings. The van der Waals surface area contributed by atoms with E-state index in [0.29, 0.717) is 37.2 Å². The van der Waals surface area contributed by atoms with E-state index in [1.54, 1.807) is 24.5 Å². The molecular formula is C32H25Cl2N3O3S. The first kappa shape index (κ1) is 27.3. The number of hydrogen-bond acceptors (Lipinski definition) is 5. The highest BCUT2D eigenvalue weighted by Crippen LogP contribution is 2.31. The Balaban J connectivity index is 1.50. The summed E-state index contributed by atoms with van der Waals surface area (Å²) in [6.07, 6.45) is 3.94. The van der Waals surface area contributed by atoms with Gasteiger partial charge < -0.3 is 9.30 Å². The lowest BCUT2D eigenvalue weighted by Gasteiger charge is -2.24. The minimum atomic E-state index is -0.635. The molecule has 0 aliphatic carbocycles. The summed E-state index contributed by atoms with van der Waals surface area (Å²) in [5.41, 5.74) is 4.46. The van der Waals surface area contributed by atoms with Crippen molar-refractivity contribution in [3.05, 3.63) is 137 Å². The van der Waals surface area contributed by atoms with Crippen LogP contribution in [0.1, 0.15) is 36.6 Å². The van der Waals surface area contributed by atoms with Crippen LogP contribution in [0.3, 0.4) is 0 Å². The summed E-state index contributed by atoms with van der Waals surface area (Å²) in [5.74, 6) is -0.470. The van der Waals surface area contributed by atoms with Crippen molar-refractivity contribution in [3.63, 3.8) is 0 Å². The summed E-state index contributed by atoms with van der Waals surface area (Å²) >= 11 is 13.7. The zero-order chi connectivity index (χ0) is 28.7. The van der Waals surface area contributed by atoms with Crippen LogP contribution in [0.5, 0.6) is 0 Å². The largest absolute Gasteiger partial charge is 0.463 e. The van der Waals surface area contributed by atoms with E-state index in [-0.39, 0.29) is 12.2 Å². The predicted octanol–water partition coefficient (Wildman–Crippen LogP) is 6.11. The van der Waals surface area contributed by atoms with Crippen LogP contribution in [0.4, 0.5) is 0 Å². The summed E-state index contributed by atoms with van der Waals surface area (Å²) in [7, 11) is 0. The Hall–Kier alpha value is -3.91. The molecule has 2 aromatic heterocycles. The van der Waals surface area contributed by atoms with E-state index >= 15 is 0 Å². The summed E-state index contributed by atoms with van der Waals surface area (Å²) in [4.78, 5) is 32.3. The number of allylic oxidation sites excluding steroid dienone is 1. The number of halogens is 2. The molecule has 6 rings (SSSR count). The van der Waals surface area contributed by atoms with Crippen LogP contribution in [0.2, 0.25) is 10.0 Å². The zero-order valence-corrected chi connectivity index (χ0v) is 24.6. The first-order valence-electron chi connectivity index (χ1n) is 13.1. The van der Waals surface area contributed by atoms with Gasteiger partial charge in [0.1, 0.15) is 0 Å². The van der Waals surface area contributed by atoms with Crippen molar-refractivity contribution >= 4 is 57.5 Å². The second-order valence-electron chi connectivity index (χ2n) is 9.69. The number of para-hydroxylation sites is 1. The van der Waals surface area contributed by atoms with Gasteiger partial charge in [0.2, 0.25) is 0 Å². The van der Waals surface area contributed by atoms with Crippen molar-refractivity contribution in [2.45, 2.75) is 26.4 Å². The van der Waals surface area contributed by atoms with Gasteiger partial charge in [-0.05, 0) is 49.2 Å². The van der Waals surface area contributed by atoms with Crippen molar-refractivity contribution in [2.24, 2.45) is 4.99 Å². The fourth-order valence-corrected chi connectivity index (χ4v) is 6.60. The maximum Gasteiger partial charge on any atom is 0.338 e. The molecule has 0 saturated carbocycles. The van der Waals surface area contributed by atoms with E-state index in [4.69, 9.17) is 27.9 Å². The van der Waals surface area contributed by atoms with Gasteiger partial charge in [-0.15, -0.1) is 0 Å². The Bertz CT molecular complexity index is 2020. The topological polar surface area (TPSA) is 65.6 Å². The smallest absolute Gasteiger partial charge is 0.338 e. The molecule has 206 valence electrons. The molecule has 0 radical (unpaired) electrons. The molecule has 0 bridgehead atoms. The minimum absolute atomic E-state index is 0.210. The molecule has 3 aromatic carbocycles. The molecule has 41 heavy (non-hydrogen) atoms. The number of carbonyl (C=O) groups is 1. The van der Waals surface area contributed by atoms with Crippen LogP contribution in [0.25, 0.3) is 17.0 Å². The van der Waals surface area contributed by atoms with Crippen LogP contribution < -0.4 is 14.9 Å². The van der Waals surface area contributed by atoms with Crippen LogP contribution in [0, 0.1) is 0 Å². The van der Waals surface area contributed by atoms with Gasteiger partial charge in [0.15, 0.2) is 4.80 Å². The number of esters is 1. The summed E-state index contributed by atoms with van der Waals surface area (Å²) < 4.78 is 9.65. The standard InChI is InChI=1S/C32H25Cl2N3O3S/c1-3-40-31(39)28-19(2)35-32-37(29(28)21-9-5-4-6-10-21)30(38)27(41-32)16-22-18-36(26-12-8-7-11-23(22)26)17-20-13-14-24(33)25(34)15-20/h4-16,18,29H,3,17H2,1-2H3/b27-16+. The van der Waals surface area contributed by atoms with Gasteiger partial charge in [-0.1, -0.05) is 89.1 Å². The number of rotatable bonds is 6. The van der Waals surface area contributed by atoms with Crippen molar-refractivity contribution in [1.82, 2.24) is 9.13 Å². The van der Waals surface area contributed by atoms with Crippen LogP contribution in [0.15, 0.2) is 100 Å². The third-order valence-corrected chi connectivity index (χ3v) is 8.80. The van der Waals surface area contributed by atoms with Gasteiger partial charge in [-0.2, -0.15) is 0 Å². The first-order chi connectivity index (χ1) is 19.9. The summed E-state index contributed by atoms with van der Waals surface area (Å²) in [6.45, 7) is 4.37. The lowest BCUT2D eigenvalue weighted by atomic mass is 9.96. The number of nitrogens with zero attached hydrogens (tertiary/aromatic N) is 3. The molecule has 1 atom stereocenters. The number of hydrogen-bond donors (Lipinski definition) is 0. The monoisotopic (exact) mass is 601 g/mol. The summed E-state index contributed by atoms with van der Waals surface area (Å²) in [6, 6.07) is 22.6. The lowest BCUT2D eigenvalue weighted by Crippen LogP contribution is -2.39. The number of ether oxygens (including phenoxy) is 1. The van der Waals surface area contributed by atoms with Gasteiger partial charge in [0.25, 0.3) is 5.56 Å². The molecule has 0 saturated heterocycles. The van der Waals surface area contributed by atoms with Crippen molar-refractivity contribution in [1.29, 1.82) is 0 Å². The SMILES string of the molecule is CCOC(=O)C1=C(C)N=c2s/c(=C/c3cn(Cc4ccc(Cl)c(Cl)c4)c4ccccc34)c(=O)n2C1c1ccccc1. The zero-order valence-electron chi connectivity index (χ0n) is 22.3. The van der Waals surface area contributed by atoms with Crippen LogP contribution in [-0.2, 0) is 16.1 Å². The Kier molecular flexibility index (Phi) is 7.43. The lowest BCUT2D eigenvalue weighted by molar-refractivity contribution is -0.139. The molecule has 9 heteroatoms. The predicted molar refractivity (Wildman–Crippen MR) is 164 cm³/mol. The van der Waals surface area contributed by atoms with E-state index < -0.39 is 12.0 Å². The normalized spacial score (nSPS) is 15.2. The molecule has 1 aliphatic heterocycles. The van der Waals surface area contributed by atoms with Crippen molar-refractivity contribution in [2.75, 3.05) is 6.61 Å². The quantitative estimate of drug-likeness (QED) is 0.221. The molecule has 5 aromatic rings. The van der Waals surface area contributed by atoms with E-state index in [9.17, 15) is 9.59 Å². The highest BCUT2D eigenvalue weighted by molar-refractivity contribution is 7.07. The number of carbonyl (C=O) groups excluding carboxylic acids is 1. The maximum absolute atomic E-state index is 14.0. The van der Waals surface area contributed by atoms with E-state index in [1.807, 2.05) is 72.9 Å². The number of fused-ring (bicyclic) bond motifs is 2. The third-order valence-electron chi connectivity index (χ3n) is 7.08. The van der Waals surface area contributed by atoms with Crippen LogP contribution >= 0.6 is 34.5 Å². The molecule has 0 spiro atoms. The minimum Gasteiger partial charge on any atom is -0.463 e. The maximum atomic E-state index is 14.0. The van der Waals surface area contributed by atoms with Gasteiger partial charge >= 0.3 is 5.97 Å². The fourth-order valence-electron chi connectivity index (χ4n) is 5.24. The molecule has 1 unspecified atom stereocenters. The van der Waals surface area contributed by atoms with Crippen LogP contribution in [-0.4, -0.2) is 21.7 Å². The van der Waals surface area contributed by atoms with E-state index in [2.05, 4.69) is 15.6 Å². The average Bonchev–Trinajstić information content (AvgIpc) is 3.47. The van der Waals surface area contributed by atoms with Gasteiger partial charge in [-0.3, -0.25) is 9.36 Å². The number of benzene rings is 3. The van der Waals surface area contributed by atoms with Gasteiger partial charge in [0.05, 0.1) is 38.5 Å². The van der Waals surface area contributed by atoms with Gasteiger partial charge in [0, 0.05) is 29.2 Å².